The van der Waals surface area contributed by atoms with E-state index in [4.69, 9.17) is 0 Å². The fourth-order valence-electron chi connectivity index (χ4n) is 4.93. The van der Waals surface area contributed by atoms with Crippen LogP contribution in [0.1, 0.15) is 30.5 Å². The van der Waals surface area contributed by atoms with Gasteiger partial charge in [-0.2, -0.15) is 5.10 Å². The van der Waals surface area contributed by atoms with Gasteiger partial charge in [-0.3, -0.25) is 9.48 Å². The number of fused-ring (bicyclic) bond motifs is 1. The van der Waals surface area contributed by atoms with E-state index in [1.54, 1.807) is 6.07 Å². The summed E-state index contributed by atoms with van der Waals surface area (Å²) < 4.78 is 15.3. The van der Waals surface area contributed by atoms with Crippen LogP contribution < -0.4 is 5.32 Å². The van der Waals surface area contributed by atoms with E-state index in [2.05, 4.69) is 15.3 Å². The van der Waals surface area contributed by atoms with Gasteiger partial charge in [-0.05, 0) is 61.8 Å². The molecule has 0 unspecified atom stereocenters. The van der Waals surface area contributed by atoms with Gasteiger partial charge in [0.25, 0.3) is 0 Å². The van der Waals surface area contributed by atoms with Crippen molar-refractivity contribution < 1.29 is 14.3 Å². The fourth-order valence-corrected chi connectivity index (χ4v) is 4.93. The van der Waals surface area contributed by atoms with Gasteiger partial charge in [0.15, 0.2) is 0 Å². The summed E-state index contributed by atoms with van der Waals surface area (Å²) in [6.07, 6.45) is 3.86. The molecule has 2 N–H and O–H groups in total. The van der Waals surface area contributed by atoms with Crippen molar-refractivity contribution in [2.75, 3.05) is 19.6 Å². The van der Waals surface area contributed by atoms with Crippen molar-refractivity contribution in [1.82, 2.24) is 20.0 Å². The molecule has 7 heteroatoms. The first-order valence-corrected chi connectivity index (χ1v) is 10.9. The summed E-state index contributed by atoms with van der Waals surface area (Å²) in [7, 11) is 0. The number of aryl methyl sites for hydroxylation is 2. The molecule has 30 heavy (non-hydrogen) atoms. The predicted molar refractivity (Wildman–Crippen MR) is 112 cm³/mol. The third kappa shape index (κ3) is 5.26. The van der Waals surface area contributed by atoms with Gasteiger partial charge in [-0.25, -0.2) is 4.39 Å². The number of aromatic nitrogens is 2. The number of rotatable bonds is 7. The number of hydrogen-bond donors (Lipinski definition) is 2. The standard InChI is InChI=1S/C23H31FN4O2/c1-16-7-8-28(26-16)10-9-27-14-18-12-21(22(29)13-19(18)15-27)25-23(30)6-5-17-3-2-4-20(24)11-17/h2-4,7-8,11,18-19,21-22,29H,5-6,9-10,12-15H2,1H3,(H,25,30)/t18-,19+,21-,22-/m0/s1. The van der Waals surface area contributed by atoms with Crippen LogP contribution in [0, 0.1) is 24.6 Å². The summed E-state index contributed by atoms with van der Waals surface area (Å²) >= 11 is 0. The smallest absolute Gasteiger partial charge is 0.220 e. The van der Waals surface area contributed by atoms with Crippen molar-refractivity contribution in [3.05, 3.63) is 53.6 Å². The van der Waals surface area contributed by atoms with Gasteiger partial charge in [0, 0.05) is 32.3 Å². The van der Waals surface area contributed by atoms with Crippen LogP contribution in [0.4, 0.5) is 4.39 Å². The van der Waals surface area contributed by atoms with Crippen LogP contribution in [0.5, 0.6) is 0 Å². The minimum absolute atomic E-state index is 0.0781. The zero-order chi connectivity index (χ0) is 21.1. The lowest BCUT2D eigenvalue weighted by molar-refractivity contribution is -0.123. The number of hydrogen-bond acceptors (Lipinski definition) is 4. The Kier molecular flexibility index (Phi) is 6.49. The lowest BCUT2D eigenvalue weighted by atomic mass is 9.77. The van der Waals surface area contributed by atoms with Crippen LogP contribution in [0.15, 0.2) is 36.5 Å². The molecule has 1 aliphatic carbocycles. The second-order valence-corrected chi connectivity index (χ2v) is 8.84. The Morgan fingerprint density at radius 3 is 2.77 bits per heavy atom. The molecule has 2 aliphatic rings. The zero-order valence-corrected chi connectivity index (χ0v) is 17.5. The summed E-state index contributed by atoms with van der Waals surface area (Å²) in [5.41, 5.74) is 1.84. The van der Waals surface area contributed by atoms with E-state index in [1.807, 2.05) is 29.9 Å². The zero-order valence-electron chi connectivity index (χ0n) is 17.5. The van der Waals surface area contributed by atoms with Gasteiger partial charge >= 0.3 is 0 Å². The van der Waals surface area contributed by atoms with Gasteiger partial charge < -0.3 is 15.3 Å². The summed E-state index contributed by atoms with van der Waals surface area (Å²) in [4.78, 5) is 14.8. The fraction of sp³-hybridized carbons (Fsp3) is 0.565. The lowest BCUT2D eigenvalue weighted by Gasteiger charge is -2.35. The van der Waals surface area contributed by atoms with Crippen LogP contribution in [0.2, 0.25) is 0 Å². The molecule has 0 radical (unpaired) electrons. The van der Waals surface area contributed by atoms with Crippen molar-refractivity contribution in [2.45, 2.75) is 51.3 Å². The molecule has 2 aromatic rings. The average Bonchev–Trinajstić information content (AvgIpc) is 3.30. The number of aliphatic hydroxyl groups excluding tert-OH is 1. The number of benzene rings is 1. The molecule has 1 saturated carbocycles. The molecule has 0 spiro atoms. The first-order chi connectivity index (χ1) is 14.5. The molecule has 0 bridgehead atoms. The average molecular weight is 415 g/mol. The van der Waals surface area contributed by atoms with E-state index < -0.39 is 6.10 Å². The Hall–Kier alpha value is -2.25. The van der Waals surface area contributed by atoms with Gasteiger partial charge in [-0.15, -0.1) is 0 Å². The molecule has 1 aliphatic heterocycles. The van der Waals surface area contributed by atoms with E-state index >= 15 is 0 Å². The third-order valence-electron chi connectivity index (χ3n) is 6.51. The lowest BCUT2D eigenvalue weighted by Crippen LogP contribution is -2.49. The largest absolute Gasteiger partial charge is 0.391 e. The second kappa shape index (κ2) is 9.27. The Balaban J connectivity index is 1.24. The molecular weight excluding hydrogens is 383 g/mol. The highest BCUT2D eigenvalue weighted by Crippen LogP contribution is 2.36. The minimum Gasteiger partial charge on any atom is -0.391 e. The predicted octanol–water partition coefficient (Wildman–Crippen LogP) is 2.15. The van der Waals surface area contributed by atoms with Gasteiger partial charge in [0.1, 0.15) is 5.82 Å². The van der Waals surface area contributed by atoms with Gasteiger partial charge in [0.05, 0.1) is 24.4 Å². The highest BCUT2D eigenvalue weighted by atomic mass is 19.1. The van der Waals surface area contributed by atoms with E-state index in [0.717, 1.165) is 50.3 Å². The maximum Gasteiger partial charge on any atom is 0.220 e. The number of carbonyl (C=O) groups is 1. The van der Waals surface area contributed by atoms with Gasteiger partial charge in [0.2, 0.25) is 5.91 Å². The van der Waals surface area contributed by atoms with E-state index in [9.17, 15) is 14.3 Å². The number of amides is 1. The van der Waals surface area contributed by atoms with E-state index in [1.165, 1.54) is 12.1 Å². The molecular formula is C23H31FN4O2. The van der Waals surface area contributed by atoms with Crippen LogP contribution in [-0.2, 0) is 17.8 Å². The molecule has 1 aromatic carbocycles. The first kappa shape index (κ1) is 21.0. The molecule has 4 atom stereocenters. The van der Waals surface area contributed by atoms with Crippen LogP contribution >= 0.6 is 0 Å². The number of nitrogens with zero attached hydrogens (tertiary/aromatic N) is 3. The Labute approximate surface area is 177 Å². The summed E-state index contributed by atoms with van der Waals surface area (Å²) in [6, 6.07) is 8.17. The molecule has 4 rings (SSSR count). The highest BCUT2D eigenvalue weighted by molar-refractivity contribution is 5.76. The SMILES string of the molecule is Cc1ccn(CCN2C[C@H]3C[C@H](O)[C@@H](NC(=O)CCc4cccc(F)c4)C[C@H]3C2)n1. The molecule has 1 aromatic heterocycles. The maximum absolute atomic E-state index is 13.3. The Morgan fingerprint density at radius 1 is 1.23 bits per heavy atom. The van der Waals surface area contributed by atoms with Crippen molar-refractivity contribution in [1.29, 1.82) is 0 Å². The van der Waals surface area contributed by atoms with Crippen molar-refractivity contribution >= 4 is 5.91 Å². The first-order valence-electron chi connectivity index (χ1n) is 10.9. The Morgan fingerprint density at radius 2 is 2.03 bits per heavy atom. The Bertz CT molecular complexity index is 870. The maximum atomic E-state index is 13.3. The molecule has 162 valence electrons. The van der Waals surface area contributed by atoms with Crippen LogP contribution in [0.3, 0.4) is 0 Å². The molecule has 2 fully saturated rings. The van der Waals surface area contributed by atoms with E-state index in [0.29, 0.717) is 24.7 Å². The van der Waals surface area contributed by atoms with Crippen LogP contribution in [-0.4, -0.2) is 57.5 Å². The van der Waals surface area contributed by atoms with Crippen molar-refractivity contribution in [3.8, 4) is 0 Å². The third-order valence-corrected chi connectivity index (χ3v) is 6.51. The number of nitrogens with one attached hydrogen (secondary N) is 1. The summed E-state index contributed by atoms with van der Waals surface area (Å²) in [5, 5.41) is 18.1. The second-order valence-electron chi connectivity index (χ2n) is 8.84. The van der Waals surface area contributed by atoms with Crippen LogP contribution in [0.25, 0.3) is 0 Å². The number of halogens is 1. The van der Waals surface area contributed by atoms with Crippen molar-refractivity contribution in [3.63, 3.8) is 0 Å². The van der Waals surface area contributed by atoms with Crippen molar-refractivity contribution in [2.24, 2.45) is 11.8 Å². The summed E-state index contributed by atoms with van der Waals surface area (Å²) in [5.74, 6) is 0.627. The molecule has 2 heterocycles. The van der Waals surface area contributed by atoms with Gasteiger partial charge in [-0.1, -0.05) is 12.1 Å². The number of aliphatic hydroxyl groups is 1. The minimum atomic E-state index is -0.502. The molecule has 1 saturated heterocycles. The topological polar surface area (TPSA) is 70.4 Å². The quantitative estimate of drug-likeness (QED) is 0.728. The molecule has 1 amide bonds. The normalized spacial score (nSPS) is 26.5. The monoisotopic (exact) mass is 414 g/mol. The summed E-state index contributed by atoms with van der Waals surface area (Å²) in [6.45, 7) is 5.83. The highest BCUT2D eigenvalue weighted by Gasteiger charge is 2.41. The van der Waals surface area contributed by atoms with E-state index in [-0.39, 0.29) is 17.8 Å². The number of carbonyl (C=O) groups excluding carboxylic acids is 1. The number of likely N-dealkylation sites (tertiary alicyclic amines) is 1. The molecule has 6 nitrogen and oxygen atoms in total.